The van der Waals surface area contributed by atoms with Gasteiger partial charge in [0.25, 0.3) is 0 Å². The van der Waals surface area contributed by atoms with Crippen LogP contribution in [0.1, 0.15) is 83.6 Å². The second-order valence-electron chi connectivity index (χ2n) is 7.82. The van der Waals surface area contributed by atoms with Crippen LogP contribution in [0.25, 0.3) is 0 Å². The van der Waals surface area contributed by atoms with Crippen LogP contribution in [0.15, 0.2) is 18.2 Å². The van der Waals surface area contributed by atoms with E-state index in [4.69, 9.17) is 9.47 Å². The van der Waals surface area contributed by atoms with Gasteiger partial charge in [-0.15, -0.1) is 0 Å². The molecule has 25 heavy (non-hydrogen) atoms. The van der Waals surface area contributed by atoms with Gasteiger partial charge in [-0.05, 0) is 61.8 Å². The molecule has 0 unspecified atom stereocenters. The summed E-state index contributed by atoms with van der Waals surface area (Å²) in [4.78, 5) is 0. The van der Waals surface area contributed by atoms with Crippen LogP contribution in [0.2, 0.25) is 0 Å². The van der Waals surface area contributed by atoms with Crippen molar-refractivity contribution in [3.63, 3.8) is 0 Å². The normalized spacial score (nSPS) is 20.4. The summed E-state index contributed by atoms with van der Waals surface area (Å²) in [5, 5.41) is 0. The number of benzene rings is 1. The Bertz CT molecular complexity index is 475. The van der Waals surface area contributed by atoms with E-state index >= 15 is 0 Å². The fourth-order valence-electron chi connectivity index (χ4n) is 3.78. The summed E-state index contributed by atoms with van der Waals surface area (Å²) in [5.74, 6) is 3.70. The Labute approximate surface area is 155 Å². The molecule has 0 bridgehead atoms. The first-order valence-electron chi connectivity index (χ1n) is 10.6. The van der Waals surface area contributed by atoms with E-state index in [1.165, 1.54) is 63.4 Å². The van der Waals surface area contributed by atoms with Crippen molar-refractivity contribution in [2.75, 3.05) is 13.2 Å². The lowest BCUT2D eigenvalue weighted by molar-refractivity contribution is 0.177. The van der Waals surface area contributed by atoms with Crippen LogP contribution in [0.5, 0.6) is 11.5 Å². The van der Waals surface area contributed by atoms with Gasteiger partial charge in [-0.25, -0.2) is 0 Å². The molecule has 0 N–H and O–H groups in total. The topological polar surface area (TPSA) is 18.5 Å². The highest BCUT2D eigenvalue weighted by Gasteiger charge is 2.21. The third-order valence-corrected chi connectivity index (χ3v) is 5.57. The minimum atomic E-state index is 0.739. The van der Waals surface area contributed by atoms with E-state index in [0.29, 0.717) is 0 Å². The van der Waals surface area contributed by atoms with Gasteiger partial charge < -0.3 is 9.47 Å². The summed E-state index contributed by atoms with van der Waals surface area (Å²) in [6.07, 6.45) is 13.4. The van der Waals surface area contributed by atoms with Crippen molar-refractivity contribution < 1.29 is 9.47 Å². The van der Waals surface area contributed by atoms with Crippen LogP contribution in [-0.4, -0.2) is 13.2 Å². The highest BCUT2D eigenvalue weighted by molar-refractivity contribution is 5.39. The fourth-order valence-corrected chi connectivity index (χ4v) is 3.78. The summed E-state index contributed by atoms with van der Waals surface area (Å²) in [7, 11) is 0. The van der Waals surface area contributed by atoms with E-state index in [1.54, 1.807) is 0 Å². The molecule has 1 aliphatic carbocycles. The monoisotopic (exact) mass is 346 g/mol. The van der Waals surface area contributed by atoms with Gasteiger partial charge in [0.2, 0.25) is 0 Å². The van der Waals surface area contributed by atoms with E-state index in [0.717, 1.165) is 43.0 Å². The average molecular weight is 347 g/mol. The van der Waals surface area contributed by atoms with Crippen LogP contribution in [-0.2, 0) is 0 Å². The molecule has 0 aromatic heterocycles. The smallest absolute Gasteiger partial charge is 0.122 e. The minimum Gasteiger partial charge on any atom is -0.493 e. The lowest BCUT2D eigenvalue weighted by atomic mass is 9.80. The van der Waals surface area contributed by atoms with Crippen molar-refractivity contribution >= 4 is 0 Å². The molecule has 0 spiro atoms. The zero-order valence-corrected chi connectivity index (χ0v) is 16.7. The molecular weight excluding hydrogens is 308 g/mol. The maximum Gasteiger partial charge on any atom is 0.122 e. The Hall–Kier alpha value is -1.18. The molecule has 1 aliphatic rings. The van der Waals surface area contributed by atoms with Gasteiger partial charge in [0, 0.05) is 0 Å². The third kappa shape index (κ3) is 7.30. The Morgan fingerprint density at radius 1 is 0.880 bits per heavy atom. The van der Waals surface area contributed by atoms with Crippen molar-refractivity contribution in [2.24, 2.45) is 11.8 Å². The molecule has 0 amide bonds. The lowest BCUT2D eigenvalue weighted by Crippen LogP contribution is -2.20. The fraction of sp³-hybridized carbons (Fsp3) is 0.739. The lowest BCUT2D eigenvalue weighted by Gasteiger charge is -2.28. The van der Waals surface area contributed by atoms with Gasteiger partial charge in [-0.1, -0.05) is 58.8 Å². The van der Waals surface area contributed by atoms with Crippen molar-refractivity contribution in [3.05, 3.63) is 23.8 Å². The zero-order chi connectivity index (χ0) is 17.9. The number of rotatable bonds is 11. The highest BCUT2D eigenvalue weighted by Crippen LogP contribution is 2.33. The van der Waals surface area contributed by atoms with Gasteiger partial charge in [0.05, 0.1) is 13.2 Å². The summed E-state index contributed by atoms with van der Waals surface area (Å²) >= 11 is 0. The summed E-state index contributed by atoms with van der Waals surface area (Å²) < 4.78 is 11.9. The largest absolute Gasteiger partial charge is 0.493 e. The van der Waals surface area contributed by atoms with E-state index in [9.17, 15) is 0 Å². The molecule has 0 atom stereocenters. The van der Waals surface area contributed by atoms with Gasteiger partial charge in [0.1, 0.15) is 11.5 Å². The number of aryl methyl sites for hydroxylation is 1. The van der Waals surface area contributed by atoms with Crippen LogP contribution in [0.4, 0.5) is 0 Å². The molecule has 0 saturated heterocycles. The molecule has 1 aromatic carbocycles. The molecule has 1 fully saturated rings. The second-order valence-corrected chi connectivity index (χ2v) is 7.82. The minimum absolute atomic E-state index is 0.739. The number of hydrogen-bond acceptors (Lipinski definition) is 2. The first-order chi connectivity index (χ1) is 12.2. The average Bonchev–Trinajstić information content (AvgIpc) is 2.63. The number of ether oxygens (including phenoxy) is 2. The van der Waals surface area contributed by atoms with Gasteiger partial charge >= 0.3 is 0 Å². The molecule has 1 aromatic rings. The molecule has 2 nitrogen and oxygen atoms in total. The molecule has 0 radical (unpaired) electrons. The zero-order valence-electron chi connectivity index (χ0n) is 16.7. The molecule has 0 heterocycles. The molecule has 2 rings (SSSR count). The van der Waals surface area contributed by atoms with Crippen LogP contribution < -0.4 is 9.47 Å². The maximum absolute atomic E-state index is 6.09. The van der Waals surface area contributed by atoms with Gasteiger partial charge in [-0.2, -0.15) is 0 Å². The number of unbranched alkanes of at least 4 members (excludes halogenated alkanes) is 3. The van der Waals surface area contributed by atoms with E-state index in [-0.39, 0.29) is 0 Å². The van der Waals surface area contributed by atoms with Crippen molar-refractivity contribution in [2.45, 2.75) is 85.0 Å². The highest BCUT2D eigenvalue weighted by atomic mass is 16.5. The second kappa shape index (κ2) is 11.4. The van der Waals surface area contributed by atoms with Crippen molar-refractivity contribution in [1.82, 2.24) is 0 Å². The quantitative estimate of drug-likeness (QED) is 0.404. The number of hydrogen-bond donors (Lipinski definition) is 0. The standard InChI is InChI=1S/C23H38O2/c1-4-6-8-9-20-10-12-21(13-11-20)18-25-22-14-15-23(19(3)17-22)24-16-7-5-2/h14-15,17,20-21H,4-13,16,18H2,1-3H3/t20-,21-. The summed E-state index contributed by atoms with van der Waals surface area (Å²) in [6, 6.07) is 6.24. The Kier molecular flexibility index (Phi) is 9.21. The Morgan fingerprint density at radius 3 is 2.28 bits per heavy atom. The maximum atomic E-state index is 6.09. The van der Waals surface area contributed by atoms with Crippen LogP contribution in [0, 0.1) is 18.8 Å². The molecular formula is C23H38O2. The predicted octanol–water partition coefficient (Wildman–Crippen LogP) is 6.94. The molecule has 142 valence electrons. The molecule has 0 aliphatic heterocycles. The Balaban J connectivity index is 1.68. The van der Waals surface area contributed by atoms with E-state index in [1.807, 2.05) is 0 Å². The first-order valence-corrected chi connectivity index (χ1v) is 10.6. The molecule has 1 saturated carbocycles. The van der Waals surface area contributed by atoms with Crippen LogP contribution >= 0.6 is 0 Å². The molecule has 2 heteroatoms. The van der Waals surface area contributed by atoms with Crippen LogP contribution in [0.3, 0.4) is 0 Å². The third-order valence-electron chi connectivity index (χ3n) is 5.57. The van der Waals surface area contributed by atoms with E-state index < -0.39 is 0 Å². The van der Waals surface area contributed by atoms with Gasteiger partial charge in [0.15, 0.2) is 0 Å². The summed E-state index contributed by atoms with van der Waals surface area (Å²) in [6.45, 7) is 8.26. The summed E-state index contributed by atoms with van der Waals surface area (Å²) in [5.41, 5.74) is 1.17. The predicted molar refractivity (Wildman–Crippen MR) is 107 cm³/mol. The Morgan fingerprint density at radius 2 is 1.60 bits per heavy atom. The SMILES string of the molecule is CCCCC[C@H]1CC[C@H](COc2ccc(OCCCC)c(C)c2)CC1. The van der Waals surface area contributed by atoms with Gasteiger partial charge in [-0.3, -0.25) is 0 Å². The van der Waals surface area contributed by atoms with Crippen molar-refractivity contribution in [3.8, 4) is 11.5 Å². The van der Waals surface area contributed by atoms with E-state index in [2.05, 4.69) is 39.0 Å². The van der Waals surface area contributed by atoms with Crippen molar-refractivity contribution in [1.29, 1.82) is 0 Å². The first kappa shape index (κ1) is 20.1.